The fourth-order valence-corrected chi connectivity index (χ4v) is 2.78. The van der Waals surface area contributed by atoms with Crippen molar-refractivity contribution in [2.75, 3.05) is 18.7 Å². The van der Waals surface area contributed by atoms with E-state index in [4.69, 9.17) is 9.47 Å². The summed E-state index contributed by atoms with van der Waals surface area (Å²) in [4.78, 5) is 28.0. The highest BCUT2D eigenvalue weighted by Gasteiger charge is 2.17. The first kappa shape index (κ1) is 15.3. The van der Waals surface area contributed by atoms with Crippen molar-refractivity contribution >= 4 is 28.3 Å². The van der Waals surface area contributed by atoms with Crippen molar-refractivity contribution in [2.45, 2.75) is 13.3 Å². The van der Waals surface area contributed by atoms with Crippen molar-refractivity contribution < 1.29 is 19.1 Å². The monoisotopic (exact) mass is 333 g/mol. The minimum atomic E-state index is -0.290. The number of likely N-dealkylation sites (N-methyl/N-ethyl adjacent to an activating group) is 1. The Labute approximate surface area is 136 Å². The molecule has 2 heterocycles. The Morgan fingerprint density at radius 3 is 2.96 bits per heavy atom. The summed E-state index contributed by atoms with van der Waals surface area (Å²) >= 11 is 1.28. The third-order valence-electron chi connectivity index (χ3n) is 3.12. The minimum Gasteiger partial charge on any atom is -0.454 e. The van der Waals surface area contributed by atoms with Crippen LogP contribution in [-0.2, 0) is 11.2 Å². The summed E-state index contributed by atoms with van der Waals surface area (Å²) in [6, 6.07) is 4.98. The molecule has 0 fully saturated rings. The van der Waals surface area contributed by atoms with Crippen molar-refractivity contribution in [3.63, 3.8) is 0 Å². The molecule has 2 N–H and O–H groups in total. The van der Waals surface area contributed by atoms with E-state index in [9.17, 15) is 9.59 Å². The number of carbonyl (C=O) groups is 2. The summed E-state index contributed by atoms with van der Waals surface area (Å²) in [5, 5.41) is 7.63. The lowest BCUT2D eigenvalue weighted by Gasteiger charge is -2.03. The third kappa shape index (κ3) is 3.59. The molecule has 0 aliphatic carbocycles. The van der Waals surface area contributed by atoms with E-state index in [0.29, 0.717) is 34.4 Å². The van der Waals surface area contributed by atoms with E-state index in [2.05, 4.69) is 15.6 Å². The molecule has 1 aromatic carbocycles. The lowest BCUT2D eigenvalue weighted by atomic mass is 10.2. The van der Waals surface area contributed by atoms with Crippen LogP contribution in [0.3, 0.4) is 0 Å². The smallest absolute Gasteiger partial charge is 0.257 e. The van der Waals surface area contributed by atoms with Crippen LogP contribution in [0.1, 0.15) is 23.0 Å². The lowest BCUT2D eigenvalue weighted by molar-refractivity contribution is -0.120. The van der Waals surface area contributed by atoms with Crippen molar-refractivity contribution in [1.29, 1.82) is 0 Å². The summed E-state index contributed by atoms with van der Waals surface area (Å²) in [6.45, 7) is 2.60. The maximum atomic E-state index is 12.2. The average molecular weight is 333 g/mol. The van der Waals surface area contributed by atoms with E-state index >= 15 is 0 Å². The molecule has 1 aromatic heterocycles. The van der Waals surface area contributed by atoms with Gasteiger partial charge in [0, 0.05) is 17.5 Å². The Bertz CT molecular complexity index is 744. The summed E-state index contributed by atoms with van der Waals surface area (Å²) in [5.74, 6) is 0.794. The molecule has 3 rings (SSSR count). The number of nitrogens with zero attached hydrogens (tertiary/aromatic N) is 1. The number of rotatable bonds is 5. The minimum absolute atomic E-state index is 0.0913. The van der Waals surface area contributed by atoms with Gasteiger partial charge in [-0.3, -0.25) is 14.9 Å². The quantitative estimate of drug-likeness (QED) is 0.871. The molecule has 1 aliphatic heterocycles. The number of benzene rings is 1. The maximum Gasteiger partial charge on any atom is 0.257 e. The van der Waals surface area contributed by atoms with Crippen LogP contribution in [-0.4, -0.2) is 30.1 Å². The predicted octanol–water partition coefficient (Wildman–Crippen LogP) is 1.80. The second-order valence-corrected chi connectivity index (χ2v) is 5.65. The summed E-state index contributed by atoms with van der Waals surface area (Å²) < 4.78 is 10.5. The van der Waals surface area contributed by atoms with Gasteiger partial charge in [0.15, 0.2) is 16.6 Å². The van der Waals surface area contributed by atoms with Gasteiger partial charge in [-0.1, -0.05) is 0 Å². The first-order chi connectivity index (χ1) is 11.2. The van der Waals surface area contributed by atoms with Crippen LogP contribution in [0.4, 0.5) is 5.13 Å². The van der Waals surface area contributed by atoms with Crippen molar-refractivity contribution in [1.82, 2.24) is 10.3 Å². The summed E-state index contributed by atoms with van der Waals surface area (Å²) in [6.07, 6.45) is 0.199. The van der Waals surface area contributed by atoms with Crippen molar-refractivity contribution in [3.05, 3.63) is 34.8 Å². The van der Waals surface area contributed by atoms with Gasteiger partial charge < -0.3 is 14.8 Å². The molecular formula is C15H15N3O4S. The number of thiazole rings is 1. The van der Waals surface area contributed by atoms with Gasteiger partial charge in [-0.2, -0.15) is 0 Å². The van der Waals surface area contributed by atoms with Crippen LogP contribution in [0.5, 0.6) is 11.5 Å². The number of nitrogens with one attached hydrogen (secondary N) is 2. The molecule has 0 spiro atoms. The number of ether oxygens (including phenoxy) is 2. The topological polar surface area (TPSA) is 89.6 Å². The van der Waals surface area contributed by atoms with E-state index in [1.807, 2.05) is 6.92 Å². The van der Waals surface area contributed by atoms with Gasteiger partial charge in [-0.05, 0) is 25.1 Å². The fraction of sp³-hybridized carbons (Fsp3) is 0.267. The Morgan fingerprint density at radius 2 is 2.13 bits per heavy atom. The molecule has 7 nitrogen and oxygen atoms in total. The molecule has 0 saturated carbocycles. The molecular weight excluding hydrogens is 318 g/mol. The molecule has 8 heteroatoms. The van der Waals surface area contributed by atoms with Gasteiger partial charge in [-0.25, -0.2) is 4.98 Å². The number of hydrogen-bond donors (Lipinski definition) is 2. The number of amides is 2. The second-order valence-electron chi connectivity index (χ2n) is 4.80. The van der Waals surface area contributed by atoms with Crippen LogP contribution in [0.15, 0.2) is 23.6 Å². The van der Waals surface area contributed by atoms with E-state index in [0.717, 1.165) is 0 Å². The Hall–Kier alpha value is -2.61. The Morgan fingerprint density at radius 1 is 1.30 bits per heavy atom. The maximum absolute atomic E-state index is 12.2. The zero-order valence-electron chi connectivity index (χ0n) is 12.4. The van der Waals surface area contributed by atoms with E-state index in [-0.39, 0.29) is 25.0 Å². The average Bonchev–Trinajstić information content (AvgIpc) is 3.15. The number of fused-ring (bicyclic) bond motifs is 1. The molecule has 0 saturated heterocycles. The van der Waals surface area contributed by atoms with Gasteiger partial charge in [-0.15, -0.1) is 11.3 Å². The number of anilines is 1. The van der Waals surface area contributed by atoms with Crippen LogP contribution in [0.25, 0.3) is 0 Å². The SMILES string of the molecule is CCNC(=O)Cc1csc(NC(=O)c2ccc3c(c2)OCO3)n1. The van der Waals surface area contributed by atoms with Crippen molar-refractivity contribution in [3.8, 4) is 11.5 Å². The first-order valence-electron chi connectivity index (χ1n) is 7.08. The standard InChI is InChI=1S/C15H15N3O4S/c1-2-16-13(19)6-10-7-23-15(17-10)18-14(20)9-3-4-11-12(5-9)22-8-21-11/h3-5,7H,2,6,8H2,1H3,(H,16,19)(H,17,18,20). The van der Waals surface area contributed by atoms with Crippen molar-refractivity contribution in [2.24, 2.45) is 0 Å². The molecule has 23 heavy (non-hydrogen) atoms. The molecule has 0 bridgehead atoms. The zero-order chi connectivity index (χ0) is 16.2. The van der Waals surface area contributed by atoms with Gasteiger partial charge in [0.05, 0.1) is 12.1 Å². The van der Waals surface area contributed by atoms with Gasteiger partial charge in [0.25, 0.3) is 5.91 Å². The van der Waals surface area contributed by atoms with E-state index in [1.165, 1.54) is 11.3 Å². The zero-order valence-corrected chi connectivity index (χ0v) is 13.2. The number of hydrogen-bond acceptors (Lipinski definition) is 6. The molecule has 2 amide bonds. The molecule has 1 aliphatic rings. The van der Waals surface area contributed by atoms with Crippen LogP contribution in [0, 0.1) is 0 Å². The molecule has 0 unspecified atom stereocenters. The molecule has 2 aromatic rings. The van der Waals surface area contributed by atoms with Crippen LogP contribution < -0.4 is 20.1 Å². The lowest BCUT2D eigenvalue weighted by Crippen LogP contribution is -2.24. The van der Waals surface area contributed by atoms with E-state index < -0.39 is 0 Å². The highest BCUT2D eigenvalue weighted by atomic mass is 32.1. The van der Waals surface area contributed by atoms with Gasteiger partial charge in [0.1, 0.15) is 0 Å². The first-order valence-corrected chi connectivity index (χ1v) is 7.96. The molecule has 120 valence electrons. The normalized spacial score (nSPS) is 12.0. The van der Waals surface area contributed by atoms with Crippen LogP contribution >= 0.6 is 11.3 Å². The second kappa shape index (κ2) is 6.66. The summed E-state index contributed by atoms with van der Waals surface area (Å²) in [5.41, 5.74) is 1.08. The molecule has 0 atom stereocenters. The highest BCUT2D eigenvalue weighted by Crippen LogP contribution is 2.32. The van der Waals surface area contributed by atoms with Gasteiger partial charge >= 0.3 is 0 Å². The largest absolute Gasteiger partial charge is 0.454 e. The number of aromatic nitrogens is 1. The Balaban J connectivity index is 1.64. The predicted molar refractivity (Wildman–Crippen MR) is 85.0 cm³/mol. The van der Waals surface area contributed by atoms with Crippen LogP contribution in [0.2, 0.25) is 0 Å². The van der Waals surface area contributed by atoms with E-state index in [1.54, 1.807) is 23.6 Å². The Kier molecular flexibility index (Phi) is 4.42. The third-order valence-corrected chi connectivity index (χ3v) is 3.93. The number of carbonyl (C=O) groups excluding carboxylic acids is 2. The fourth-order valence-electron chi connectivity index (χ4n) is 2.08. The molecule has 0 radical (unpaired) electrons. The summed E-state index contributed by atoms with van der Waals surface area (Å²) in [7, 11) is 0. The van der Waals surface area contributed by atoms with Gasteiger partial charge in [0.2, 0.25) is 12.7 Å². The highest BCUT2D eigenvalue weighted by molar-refractivity contribution is 7.14.